The first-order valence-electron chi connectivity index (χ1n) is 16.0. The van der Waals surface area contributed by atoms with Gasteiger partial charge in [0, 0.05) is 87.5 Å². The monoisotopic (exact) mass is 748 g/mol. The Balaban J connectivity index is 1.30. The zero-order valence-electron chi connectivity index (χ0n) is 27.1. The van der Waals surface area contributed by atoms with E-state index in [-0.39, 0.29) is 35.6 Å². The third kappa shape index (κ3) is 8.43. The van der Waals surface area contributed by atoms with Gasteiger partial charge in [-0.3, -0.25) is 10.1 Å². The van der Waals surface area contributed by atoms with Crippen molar-refractivity contribution in [3.63, 3.8) is 0 Å². The highest BCUT2D eigenvalue weighted by Crippen LogP contribution is 2.43. The van der Waals surface area contributed by atoms with E-state index in [2.05, 4.69) is 33.1 Å². The highest BCUT2D eigenvalue weighted by molar-refractivity contribution is 9.10. The molecule has 0 radical (unpaired) electrons. The maximum absolute atomic E-state index is 13.9. The van der Waals surface area contributed by atoms with E-state index in [9.17, 15) is 27.6 Å². The maximum atomic E-state index is 13.9. The van der Waals surface area contributed by atoms with Gasteiger partial charge in [-0.15, -0.1) is 6.58 Å². The highest BCUT2D eigenvalue weighted by atomic mass is 79.9. The number of rotatable bonds is 9. The molecule has 11 nitrogen and oxygen atoms in total. The van der Waals surface area contributed by atoms with Gasteiger partial charge in [0.05, 0.1) is 16.9 Å². The van der Waals surface area contributed by atoms with Crippen LogP contribution in [-0.2, 0) is 32.5 Å². The predicted octanol–water partition coefficient (Wildman–Crippen LogP) is 5.82. The standard InChI is InChI=1S/C34H40BrF3N6O5/c1-3-13-42(2)18-12-40-23-8-14-43(15-9-23)30(45)28(21-22-19-25(34(36,37)38)29(39)26(35)20-22)48-32(47)44-16-10-33(11-17-44)24-6-4-5-7-27(24)41-31(46)49-33/h3-7,12,18-20,23,28,40H,1,8-11,13-17,21,39H2,2H3,(H,41,46)/b18-12-/t28-/m1/s1. The van der Waals surface area contributed by atoms with Crippen LogP contribution in [0, 0.1) is 0 Å². The molecule has 2 fully saturated rings. The van der Waals surface area contributed by atoms with Crippen LogP contribution in [0.1, 0.15) is 42.4 Å². The third-order valence-electron chi connectivity index (χ3n) is 9.09. The Morgan fingerprint density at radius 3 is 2.57 bits per heavy atom. The summed E-state index contributed by atoms with van der Waals surface area (Å²) in [7, 11) is 1.92. The Hall–Kier alpha value is -4.40. The fourth-order valence-corrected chi connectivity index (χ4v) is 6.94. The molecule has 49 heavy (non-hydrogen) atoms. The number of alkyl halides is 3. The van der Waals surface area contributed by atoms with Gasteiger partial charge in [0.15, 0.2) is 6.10 Å². The molecule has 0 saturated carbocycles. The largest absolute Gasteiger partial charge is 0.438 e. The topological polar surface area (TPSA) is 129 Å². The summed E-state index contributed by atoms with van der Waals surface area (Å²) in [5.41, 5.74) is 4.84. The molecule has 4 N–H and O–H groups in total. The number of anilines is 2. The summed E-state index contributed by atoms with van der Waals surface area (Å²) in [5.74, 6) is -0.496. The minimum absolute atomic E-state index is 0.0201. The first-order chi connectivity index (χ1) is 23.3. The number of ether oxygens (including phenoxy) is 2. The van der Waals surface area contributed by atoms with Crippen LogP contribution in [0.15, 0.2) is 65.9 Å². The molecule has 15 heteroatoms. The number of hydrogen-bond donors (Lipinski definition) is 3. The van der Waals surface area contributed by atoms with Gasteiger partial charge in [-0.2, -0.15) is 13.2 Å². The minimum atomic E-state index is -4.73. The summed E-state index contributed by atoms with van der Waals surface area (Å²) in [4.78, 5) is 44.8. The van der Waals surface area contributed by atoms with Crippen LogP contribution in [0.5, 0.6) is 0 Å². The molecule has 1 spiro atoms. The Kier molecular flexibility index (Phi) is 11.0. The van der Waals surface area contributed by atoms with Gasteiger partial charge in [-0.25, -0.2) is 9.59 Å². The number of halogens is 4. The summed E-state index contributed by atoms with van der Waals surface area (Å²) in [6, 6.07) is 9.69. The van der Waals surface area contributed by atoms with E-state index in [1.54, 1.807) is 23.1 Å². The summed E-state index contributed by atoms with van der Waals surface area (Å²) >= 11 is 3.10. The van der Waals surface area contributed by atoms with Crippen LogP contribution < -0.4 is 16.4 Å². The lowest BCUT2D eigenvalue weighted by molar-refractivity contribution is -0.142. The van der Waals surface area contributed by atoms with Crippen LogP contribution in [0.4, 0.5) is 34.1 Å². The van der Waals surface area contributed by atoms with E-state index < -0.39 is 47.2 Å². The number of para-hydroxylation sites is 1. The zero-order valence-corrected chi connectivity index (χ0v) is 28.7. The van der Waals surface area contributed by atoms with Crippen LogP contribution >= 0.6 is 15.9 Å². The number of nitrogens with one attached hydrogen (secondary N) is 2. The van der Waals surface area contributed by atoms with E-state index in [1.807, 2.05) is 36.5 Å². The van der Waals surface area contributed by atoms with Crippen LogP contribution in [-0.4, -0.2) is 84.7 Å². The molecule has 2 saturated heterocycles. The number of fused-ring (bicyclic) bond motifs is 2. The molecule has 3 aliphatic heterocycles. The zero-order chi connectivity index (χ0) is 35.3. The third-order valence-corrected chi connectivity index (χ3v) is 9.75. The Morgan fingerprint density at radius 2 is 1.90 bits per heavy atom. The van der Waals surface area contributed by atoms with Gasteiger partial charge in [-0.1, -0.05) is 24.3 Å². The number of hydrogen-bond acceptors (Lipinski definition) is 8. The van der Waals surface area contributed by atoms with E-state index in [4.69, 9.17) is 15.2 Å². The SMILES string of the molecule is C=CCN(C)/C=C\NC1CCN(C(=O)[C@@H](Cc2cc(Br)c(N)c(C(F)(F)F)c2)OC(=O)N2CCC3(CC2)OC(=O)Nc2ccccc23)CC1. The van der Waals surface area contributed by atoms with E-state index >= 15 is 0 Å². The van der Waals surface area contributed by atoms with Crippen molar-refractivity contribution in [2.24, 2.45) is 0 Å². The number of nitrogens with two attached hydrogens (primary N) is 1. The van der Waals surface area contributed by atoms with Crippen molar-refractivity contribution < 1.29 is 37.0 Å². The number of likely N-dealkylation sites (tertiary alicyclic amines) is 2. The van der Waals surface area contributed by atoms with Gasteiger partial charge in [0.2, 0.25) is 0 Å². The van der Waals surface area contributed by atoms with Gasteiger partial charge in [0.25, 0.3) is 5.91 Å². The van der Waals surface area contributed by atoms with Gasteiger partial charge in [0.1, 0.15) is 5.60 Å². The number of carbonyl (C=O) groups is 3. The number of carbonyl (C=O) groups excluding carboxylic acids is 3. The van der Waals surface area contributed by atoms with E-state index in [1.165, 1.54) is 11.0 Å². The Bertz CT molecular complexity index is 1590. The van der Waals surface area contributed by atoms with Gasteiger partial charge >= 0.3 is 18.4 Å². The van der Waals surface area contributed by atoms with Crippen LogP contribution in [0.3, 0.4) is 0 Å². The van der Waals surface area contributed by atoms with Crippen molar-refractivity contribution in [2.75, 3.05) is 50.8 Å². The number of amides is 3. The molecule has 1 atom stereocenters. The summed E-state index contributed by atoms with van der Waals surface area (Å²) in [6.45, 7) is 5.47. The Labute approximate surface area is 291 Å². The molecule has 2 aromatic rings. The molecule has 3 aliphatic rings. The van der Waals surface area contributed by atoms with Crippen molar-refractivity contribution in [1.29, 1.82) is 0 Å². The lowest BCUT2D eigenvalue weighted by atomic mass is 9.82. The second-order valence-corrected chi connectivity index (χ2v) is 13.3. The fourth-order valence-electron chi connectivity index (χ4n) is 6.44. The lowest BCUT2D eigenvalue weighted by Gasteiger charge is -2.44. The molecule has 3 amide bonds. The van der Waals surface area contributed by atoms with Crippen molar-refractivity contribution in [1.82, 2.24) is 20.0 Å². The maximum Gasteiger partial charge on any atom is 0.418 e. The van der Waals surface area contributed by atoms with Crippen LogP contribution in [0.2, 0.25) is 0 Å². The van der Waals surface area contributed by atoms with Gasteiger partial charge in [-0.05, 0) is 52.5 Å². The molecule has 3 heterocycles. The lowest BCUT2D eigenvalue weighted by Crippen LogP contribution is -2.52. The van der Waals surface area contributed by atoms with E-state index in [0.29, 0.717) is 51.0 Å². The molecular formula is C34H40BrF3N6O5. The predicted molar refractivity (Wildman–Crippen MR) is 181 cm³/mol. The number of nitrogen functional groups attached to an aromatic ring is 1. The second kappa shape index (κ2) is 15.0. The molecule has 0 aromatic heterocycles. The van der Waals surface area contributed by atoms with E-state index in [0.717, 1.165) is 11.6 Å². The average molecular weight is 750 g/mol. The smallest absolute Gasteiger partial charge is 0.418 e. The van der Waals surface area contributed by atoms with Crippen molar-refractivity contribution in [2.45, 2.75) is 56.0 Å². The number of likely N-dealkylation sites (N-methyl/N-ethyl adjacent to an activating group) is 1. The highest BCUT2D eigenvalue weighted by Gasteiger charge is 2.46. The molecule has 0 unspecified atom stereocenters. The first-order valence-corrected chi connectivity index (χ1v) is 16.8. The van der Waals surface area contributed by atoms with Crippen LogP contribution in [0.25, 0.3) is 0 Å². The molecule has 5 rings (SSSR count). The molecule has 0 aliphatic carbocycles. The fraction of sp³-hybridized carbons (Fsp3) is 0.441. The molecule has 264 valence electrons. The second-order valence-electron chi connectivity index (χ2n) is 12.5. The summed E-state index contributed by atoms with van der Waals surface area (Å²) in [5, 5.41) is 6.03. The molecule has 2 aromatic carbocycles. The summed E-state index contributed by atoms with van der Waals surface area (Å²) in [6.07, 6.45) is -0.419. The average Bonchev–Trinajstić information content (AvgIpc) is 3.06. The first kappa shape index (κ1) is 35.9. The molecular weight excluding hydrogens is 709 g/mol. The number of benzene rings is 2. The normalized spacial score (nSPS) is 18.3. The number of nitrogens with zero attached hydrogens (tertiary/aromatic N) is 3. The quantitative estimate of drug-likeness (QED) is 0.216. The minimum Gasteiger partial charge on any atom is -0.438 e. The van der Waals surface area contributed by atoms with Crippen molar-refractivity contribution in [3.05, 3.63) is 82.6 Å². The van der Waals surface area contributed by atoms with Crippen molar-refractivity contribution in [3.8, 4) is 0 Å². The summed E-state index contributed by atoms with van der Waals surface area (Å²) < 4.78 is 53.0. The van der Waals surface area contributed by atoms with Gasteiger partial charge < -0.3 is 35.2 Å². The van der Waals surface area contributed by atoms with Crippen molar-refractivity contribution >= 4 is 45.4 Å². The molecule has 0 bridgehead atoms. The Morgan fingerprint density at radius 1 is 1.20 bits per heavy atom. The number of piperidine rings is 2.